The minimum atomic E-state index is -4.56. The van der Waals surface area contributed by atoms with Crippen LogP contribution in [0.25, 0.3) is 10.8 Å². The first-order valence-electron chi connectivity index (χ1n) is 9.73. The second kappa shape index (κ2) is 7.44. The van der Waals surface area contributed by atoms with Crippen LogP contribution in [0.2, 0.25) is 0 Å². The number of nitriles is 1. The summed E-state index contributed by atoms with van der Waals surface area (Å²) in [5.74, 6) is 0.503. The van der Waals surface area contributed by atoms with Crippen molar-refractivity contribution in [3.63, 3.8) is 0 Å². The van der Waals surface area contributed by atoms with Crippen LogP contribution in [0.3, 0.4) is 0 Å². The highest BCUT2D eigenvalue weighted by Crippen LogP contribution is 2.39. The molecule has 0 spiro atoms. The van der Waals surface area contributed by atoms with E-state index in [1.807, 2.05) is 42.2 Å². The van der Waals surface area contributed by atoms with E-state index in [9.17, 15) is 13.2 Å². The van der Waals surface area contributed by atoms with Crippen LogP contribution in [0.4, 0.5) is 18.9 Å². The van der Waals surface area contributed by atoms with Gasteiger partial charge in [-0.05, 0) is 66.3 Å². The van der Waals surface area contributed by atoms with E-state index < -0.39 is 11.7 Å². The minimum Gasteiger partial charge on any atom is -0.364 e. The highest BCUT2D eigenvalue weighted by Gasteiger charge is 2.35. The molecule has 3 aromatic carbocycles. The zero-order valence-electron chi connectivity index (χ0n) is 16.1. The molecular weight excluding hydrogens is 373 g/mol. The predicted molar refractivity (Wildman–Crippen MR) is 109 cm³/mol. The highest BCUT2D eigenvalue weighted by molar-refractivity contribution is 5.83. The summed E-state index contributed by atoms with van der Waals surface area (Å²) in [7, 11) is 0. The van der Waals surface area contributed by atoms with Crippen LogP contribution in [0.15, 0.2) is 60.7 Å². The average Bonchev–Trinajstić information content (AvgIpc) is 3.54. The fourth-order valence-electron chi connectivity index (χ4n) is 3.76. The normalized spacial score (nSPS) is 15.1. The molecule has 0 amide bonds. The summed E-state index contributed by atoms with van der Waals surface area (Å²) in [6.45, 7) is 2.73. The monoisotopic (exact) mass is 394 g/mol. The lowest BCUT2D eigenvalue weighted by atomic mass is 10.00. The van der Waals surface area contributed by atoms with Crippen molar-refractivity contribution in [2.45, 2.75) is 32.0 Å². The standard InChI is InChI=1S/C24H21F3N2/c1-16(19-9-8-18-4-2-3-5-20(18)12-19)29(15-17-6-7-17)22-11-10-21(14-28)23(13-22)24(25,26)27/h2-5,8-13,16-17H,6-7,15H2,1H3. The van der Waals surface area contributed by atoms with Crippen molar-refractivity contribution >= 4 is 16.5 Å². The number of nitrogens with zero attached hydrogens (tertiary/aromatic N) is 2. The van der Waals surface area contributed by atoms with E-state index in [-0.39, 0.29) is 11.6 Å². The quantitative estimate of drug-likeness (QED) is 0.481. The van der Waals surface area contributed by atoms with E-state index in [1.165, 1.54) is 6.07 Å². The third-order valence-electron chi connectivity index (χ3n) is 5.64. The first-order chi connectivity index (χ1) is 13.9. The van der Waals surface area contributed by atoms with Crippen LogP contribution in [0, 0.1) is 17.2 Å². The Morgan fingerprint density at radius 3 is 2.41 bits per heavy atom. The van der Waals surface area contributed by atoms with Gasteiger partial charge in [-0.1, -0.05) is 36.4 Å². The smallest absolute Gasteiger partial charge is 0.364 e. The van der Waals surface area contributed by atoms with Gasteiger partial charge >= 0.3 is 6.18 Å². The summed E-state index contributed by atoms with van der Waals surface area (Å²) in [4.78, 5) is 2.04. The molecule has 0 heterocycles. The molecule has 0 bridgehead atoms. The molecule has 0 N–H and O–H groups in total. The topological polar surface area (TPSA) is 27.0 Å². The lowest BCUT2D eigenvalue weighted by Crippen LogP contribution is -2.29. The molecule has 0 aliphatic heterocycles. The van der Waals surface area contributed by atoms with Gasteiger partial charge in [0.2, 0.25) is 0 Å². The largest absolute Gasteiger partial charge is 0.417 e. The molecule has 1 aliphatic carbocycles. The van der Waals surface area contributed by atoms with Crippen LogP contribution in [-0.2, 0) is 6.18 Å². The van der Waals surface area contributed by atoms with E-state index in [0.29, 0.717) is 18.2 Å². The van der Waals surface area contributed by atoms with E-state index in [0.717, 1.165) is 35.2 Å². The van der Waals surface area contributed by atoms with Crippen molar-refractivity contribution in [3.8, 4) is 6.07 Å². The Morgan fingerprint density at radius 2 is 1.76 bits per heavy atom. The van der Waals surface area contributed by atoms with Gasteiger partial charge in [-0.2, -0.15) is 18.4 Å². The van der Waals surface area contributed by atoms with Gasteiger partial charge < -0.3 is 4.90 Å². The Bertz CT molecular complexity index is 1080. The Balaban J connectivity index is 1.75. The van der Waals surface area contributed by atoms with Crippen LogP contribution >= 0.6 is 0 Å². The van der Waals surface area contributed by atoms with Crippen molar-refractivity contribution in [3.05, 3.63) is 77.4 Å². The van der Waals surface area contributed by atoms with Crippen molar-refractivity contribution in [1.82, 2.24) is 0 Å². The van der Waals surface area contributed by atoms with Gasteiger partial charge in [-0.3, -0.25) is 0 Å². The van der Waals surface area contributed by atoms with Gasteiger partial charge in [0.25, 0.3) is 0 Å². The molecule has 1 atom stereocenters. The van der Waals surface area contributed by atoms with Gasteiger partial charge in [0.15, 0.2) is 0 Å². The number of rotatable bonds is 5. The van der Waals surface area contributed by atoms with E-state index in [4.69, 9.17) is 5.26 Å². The summed E-state index contributed by atoms with van der Waals surface area (Å²) < 4.78 is 40.4. The van der Waals surface area contributed by atoms with Gasteiger partial charge in [-0.25, -0.2) is 0 Å². The fourth-order valence-corrected chi connectivity index (χ4v) is 3.76. The molecule has 29 heavy (non-hydrogen) atoms. The number of hydrogen-bond donors (Lipinski definition) is 0. The van der Waals surface area contributed by atoms with Crippen LogP contribution in [-0.4, -0.2) is 6.54 Å². The summed E-state index contributed by atoms with van der Waals surface area (Å²) >= 11 is 0. The summed E-state index contributed by atoms with van der Waals surface area (Å²) in [6.07, 6.45) is -2.36. The molecule has 2 nitrogen and oxygen atoms in total. The summed E-state index contributed by atoms with van der Waals surface area (Å²) in [5.41, 5.74) is 0.348. The van der Waals surface area contributed by atoms with Crippen LogP contribution in [0.5, 0.6) is 0 Å². The molecule has 0 radical (unpaired) electrons. The van der Waals surface area contributed by atoms with E-state index in [1.54, 1.807) is 12.1 Å². The zero-order chi connectivity index (χ0) is 20.6. The van der Waals surface area contributed by atoms with Crippen molar-refractivity contribution in [2.24, 2.45) is 5.92 Å². The molecule has 1 unspecified atom stereocenters. The Morgan fingerprint density at radius 1 is 1.03 bits per heavy atom. The Labute approximate surface area is 168 Å². The molecule has 1 saturated carbocycles. The lowest BCUT2D eigenvalue weighted by molar-refractivity contribution is -0.137. The highest BCUT2D eigenvalue weighted by atomic mass is 19.4. The average molecular weight is 394 g/mol. The predicted octanol–water partition coefficient (Wildman–Crippen LogP) is 6.71. The van der Waals surface area contributed by atoms with Crippen LogP contribution < -0.4 is 4.90 Å². The maximum Gasteiger partial charge on any atom is 0.417 e. The molecule has 1 fully saturated rings. The molecule has 0 aromatic heterocycles. The maximum atomic E-state index is 13.5. The lowest BCUT2D eigenvalue weighted by Gasteiger charge is -2.33. The van der Waals surface area contributed by atoms with Crippen molar-refractivity contribution < 1.29 is 13.2 Å². The number of halogens is 3. The molecule has 0 saturated heterocycles. The van der Waals surface area contributed by atoms with Crippen LogP contribution in [0.1, 0.15) is 42.5 Å². The van der Waals surface area contributed by atoms with Crippen molar-refractivity contribution in [1.29, 1.82) is 5.26 Å². The second-order valence-electron chi connectivity index (χ2n) is 7.72. The molecule has 1 aliphatic rings. The van der Waals surface area contributed by atoms with Gasteiger partial charge in [0, 0.05) is 12.2 Å². The molecule has 148 valence electrons. The molecular formula is C24H21F3N2. The number of benzene rings is 3. The van der Waals surface area contributed by atoms with Gasteiger partial charge in [0.1, 0.15) is 0 Å². The number of fused-ring (bicyclic) bond motifs is 1. The fraction of sp³-hybridized carbons (Fsp3) is 0.292. The Kier molecular flexibility index (Phi) is 4.96. The van der Waals surface area contributed by atoms with E-state index in [2.05, 4.69) is 12.1 Å². The molecule has 3 aromatic rings. The number of hydrogen-bond acceptors (Lipinski definition) is 2. The van der Waals surface area contributed by atoms with Gasteiger partial charge in [-0.15, -0.1) is 0 Å². The second-order valence-corrected chi connectivity index (χ2v) is 7.72. The van der Waals surface area contributed by atoms with Gasteiger partial charge in [0.05, 0.1) is 23.2 Å². The Hall–Kier alpha value is -3.00. The number of alkyl halides is 3. The summed E-state index contributed by atoms with van der Waals surface area (Å²) in [5, 5.41) is 11.3. The first kappa shape index (κ1) is 19.3. The first-order valence-corrected chi connectivity index (χ1v) is 9.73. The number of anilines is 1. The molecule has 5 heteroatoms. The molecule has 4 rings (SSSR count). The minimum absolute atomic E-state index is 0.0887. The third-order valence-corrected chi connectivity index (χ3v) is 5.64. The van der Waals surface area contributed by atoms with E-state index >= 15 is 0 Å². The maximum absolute atomic E-state index is 13.5. The third kappa shape index (κ3) is 4.07. The zero-order valence-corrected chi connectivity index (χ0v) is 16.1. The summed E-state index contributed by atoms with van der Waals surface area (Å²) in [6, 6.07) is 19.9. The van der Waals surface area contributed by atoms with Crippen molar-refractivity contribution in [2.75, 3.05) is 11.4 Å². The SMILES string of the molecule is CC(c1ccc2ccccc2c1)N(CC1CC1)c1ccc(C#N)c(C(F)(F)F)c1.